The number of benzene rings is 1. The van der Waals surface area contributed by atoms with E-state index in [0.717, 1.165) is 29.5 Å². The van der Waals surface area contributed by atoms with Gasteiger partial charge in [0.05, 0.1) is 0 Å². The summed E-state index contributed by atoms with van der Waals surface area (Å²) < 4.78 is 6.20. The second-order valence-electron chi connectivity index (χ2n) is 6.10. The Kier molecular flexibility index (Phi) is 1.47. The molecule has 0 spiro atoms. The van der Waals surface area contributed by atoms with Gasteiger partial charge in [-0.1, -0.05) is 43.0 Å². The van der Waals surface area contributed by atoms with E-state index >= 15 is 0 Å². The molecule has 2 bridgehead atoms. The van der Waals surface area contributed by atoms with Crippen LogP contribution in [0.1, 0.15) is 28.8 Å². The predicted molar refractivity (Wildman–Crippen MR) is 71.7 cm³/mol. The summed E-state index contributed by atoms with van der Waals surface area (Å²) in [7, 11) is 0. The Bertz CT molecular complexity index is 629. The van der Waals surface area contributed by atoms with Crippen molar-refractivity contribution in [1.82, 2.24) is 0 Å². The maximum Gasteiger partial charge on any atom is 0.199 e. The van der Waals surface area contributed by atoms with E-state index < -0.39 is 11.2 Å². The van der Waals surface area contributed by atoms with Crippen molar-refractivity contribution in [2.45, 2.75) is 24.0 Å². The van der Waals surface area contributed by atoms with Gasteiger partial charge in [0.1, 0.15) is 5.60 Å². The molecule has 4 aliphatic carbocycles. The largest absolute Gasteiger partial charge is 0.347 e. The number of rotatable bonds is 0. The number of carbonyl (C=O) groups excluding carboxylic acids is 1. The van der Waals surface area contributed by atoms with E-state index in [0.29, 0.717) is 5.92 Å². The Labute approximate surface area is 111 Å². The van der Waals surface area contributed by atoms with Crippen molar-refractivity contribution in [1.29, 1.82) is 0 Å². The topological polar surface area (TPSA) is 29.6 Å². The van der Waals surface area contributed by atoms with Gasteiger partial charge in [-0.05, 0) is 24.0 Å². The van der Waals surface area contributed by atoms with Crippen LogP contribution in [0.2, 0.25) is 0 Å². The first kappa shape index (κ1) is 10.2. The molecule has 0 unspecified atom stereocenters. The van der Waals surface area contributed by atoms with Gasteiger partial charge in [-0.2, -0.15) is 0 Å². The molecule has 1 heterocycles. The number of hydrogen-bond donors (Lipinski definition) is 0. The van der Waals surface area contributed by atoms with E-state index in [4.69, 9.17) is 4.74 Å². The van der Waals surface area contributed by atoms with Crippen LogP contribution in [0.25, 0.3) is 5.57 Å². The second kappa shape index (κ2) is 2.75. The third-order valence-electron chi connectivity index (χ3n) is 5.52. The fourth-order valence-electron chi connectivity index (χ4n) is 4.67. The van der Waals surface area contributed by atoms with E-state index in [1.807, 2.05) is 24.3 Å². The average Bonchev–Trinajstić information content (AvgIpc) is 3.22. The smallest absolute Gasteiger partial charge is 0.199 e. The predicted octanol–water partition coefficient (Wildman–Crippen LogP) is 3.00. The normalized spacial score (nSPS) is 44.6. The molecule has 19 heavy (non-hydrogen) atoms. The summed E-state index contributed by atoms with van der Waals surface area (Å²) in [6.45, 7) is 4.29. The molecule has 0 aromatic heterocycles. The summed E-state index contributed by atoms with van der Waals surface area (Å²) in [6, 6.07) is 7.81. The van der Waals surface area contributed by atoms with E-state index in [1.165, 1.54) is 0 Å². The van der Waals surface area contributed by atoms with E-state index in [2.05, 4.69) is 18.7 Å². The quantitative estimate of drug-likeness (QED) is 0.523. The van der Waals surface area contributed by atoms with Crippen LogP contribution in [-0.2, 0) is 4.74 Å². The first-order chi connectivity index (χ1) is 9.22. The Morgan fingerprint density at radius 3 is 2.37 bits per heavy atom. The highest BCUT2D eigenvalue weighted by molar-refractivity contribution is 6.16. The van der Waals surface area contributed by atoms with Crippen molar-refractivity contribution in [3.05, 3.63) is 54.1 Å². The lowest BCUT2D eigenvalue weighted by atomic mass is 9.55. The van der Waals surface area contributed by atoms with Crippen LogP contribution in [0.4, 0.5) is 0 Å². The number of fused-ring (bicyclic) bond motifs is 2. The van der Waals surface area contributed by atoms with Crippen LogP contribution in [-0.4, -0.2) is 17.0 Å². The summed E-state index contributed by atoms with van der Waals surface area (Å²) >= 11 is 0. The SMILES string of the molecule is C=C1c2ccccc2C(=O)[C@]23O[C@]12[C@H]1C=C[C@H]3CC1. The highest BCUT2D eigenvalue weighted by Crippen LogP contribution is 2.73. The van der Waals surface area contributed by atoms with Crippen molar-refractivity contribution >= 4 is 11.4 Å². The molecule has 0 N–H and O–H groups in total. The minimum atomic E-state index is -0.615. The zero-order valence-electron chi connectivity index (χ0n) is 10.6. The lowest BCUT2D eigenvalue weighted by Crippen LogP contribution is -2.52. The second-order valence-corrected chi connectivity index (χ2v) is 6.10. The minimum absolute atomic E-state index is 0.176. The Hall–Kier alpha value is -1.67. The highest BCUT2D eigenvalue weighted by atomic mass is 16.6. The number of Topliss-reactive ketones (excluding diaryl/α,β-unsaturated/α-hetero) is 1. The van der Waals surface area contributed by atoms with Crippen LogP contribution < -0.4 is 0 Å². The minimum Gasteiger partial charge on any atom is -0.347 e. The molecule has 2 heteroatoms. The lowest BCUT2D eigenvalue weighted by molar-refractivity contribution is 0.0809. The first-order valence-electron chi connectivity index (χ1n) is 6.94. The molecule has 5 aliphatic rings. The zero-order chi connectivity index (χ0) is 12.8. The number of epoxide rings is 1. The van der Waals surface area contributed by atoms with Crippen LogP contribution >= 0.6 is 0 Å². The van der Waals surface area contributed by atoms with Gasteiger partial charge in [0.15, 0.2) is 11.4 Å². The van der Waals surface area contributed by atoms with Gasteiger partial charge in [0, 0.05) is 17.4 Å². The van der Waals surface area contributed by atoms with Gasteiger partial charge < -0.3 is 4.74 Å². The molecule has 1 aliphatic heterocycles. The standard InChI is InChI=1S/C17H14O2/c1-10-13-4-2-3-5-14(13)15(18)17-12-8-6-11(7-9-12)16(10,17)19-17/h2-6,8,11-12H,1,7,9H2/t11-,12-,16-,17-/m0/s1. The average molecular weight is 250 g/mol. The summed E-state index contributed by atoms with van der Waals surface area (Å²) in [5.74, 6) is 0.729. The Morgan fingerprint density at radius 1 is 1.05 bits per heavy atom. The molecule has 1 aromatic rings. The van der Waals surface area contributed by atoms with Gasteiger partial charge in [-0.25, -0.2) is 0 Å². The number of hydrogen-bond acceptors (Lipinski definition) is 2. The van der Waals surface area contributed by atoms with Gasteiger partial charge in [0.25, 0.3) is 0 Å². The Morgan fingerprint density at radius 2 is 1.68 bits per heavy atom. The molecule has 1 aromatic carbocycles. The maximum atomic E-state index is 12.9. The van der Waals surface area contributed by atoms with Crippen molar-refractivity contribution in [3.63, 3.8) is 0 Å². The van der Waals surface area contributed by atoms with Crippen molar-refractivity contribution in [2.24, 2.45) is 11.8 Å². The molecule has 94 valence electrons. The van der Waals surface area contributed by atoms with Crippen LogP contribution in [0, 0.1) is 11.8 Å². The van der Waals surface area contributed by atoms with Gasteiger partial charge in [0.2, 0.25) is 0 Å². The Balaban J connectivity index is 1.84. The number of carbonyl (C=O) groups is 1. The maximum absolute atomic E-state index is 12.9. The lowest BCUT2D eigenvalue weighted by Gasteiger charge is -2.42. The highest BCUT2D eigenvalue weighted by Gasteiger charge is 2.84. The van der Waals surface area contributed by atoms with Crippen molar-refractivity contribution < 1.29 is 9.53 Å². The molecule has 1 saturated carbocycles. The van der Waals surface area contributed by atoms with Crippen LogP contribution in [0.3, 0.4) is 0 Å². The fraction of sp³-hybridized carbons (Fsp3) is 0.353. The van der Waals surface area contributed by atoms with Gasteiger partial charge in [-0.3, -0.25) is 4.79 Å². The first-order valence-corrected chi connectivity index (χ1v) is 6.94. The number of ketones is 1. The third kappa shape index (κ3) is 0.810. The molecule has 4 atom stereocenters. The molecule has 2 fully saturated rings. The molecule has 0 amide bonds. The van der Waals surface area contributed by atoms with Crippen molar-refractivity contribution in [2.75, 3.05) is 0 Å². The van der Waals surface area contributed by atoms with Crippen LogP contribution in [0.15, 0.2) is 43.0 Å². The monoisotopic (exact) mass is 250 g/mol. The fourth-order valence-corrected chi connectivity index (χ4v) is 4.67. The molecular formula is C17H14O2. The summed E-state index contributed by atoms with van der Waals surface area (Å²) in [4.78, 5) is 12.9. The molecule has 6 rings (SSSR count). The van der Waals surface area contributed by atoms with E-state index in [-0.39, 0.29) is 11.7 Å². The van der Waals surface area contributed by atoms with Crippen LogP contribution in [0.5, 0.6) is 0 Å². The molecule has 0 radical (unpaired) electrons. The van der Waals surface area contributed by atoms with E-state index in [1.54, 1.807) is 0 Å². The third-order valence-corrected chi connectivity index (χ3v) is 5.52. The molecule has 2 nitrogen and oxygen atoms in total. The summed E-state index contributed by atoms with van der Waals surface area (Å²) in [5, 5.41) is 0. The molecule has 1 saturated heterocycles. The summed E-state index contributed by atoms with van der Waals surface area (Å²) in [6.07, 6.45) is 6.60. The van der Waals surface area contributed by atoms with Gasteiger partial charge >= 0.3 is 0 Å². The van der Waals surface area contributed by atoms with E-state index in [9.17, 15) is 4.79 Å². The van der Waals surface area contributed by atoms with Crippen molar-refractivity contribution in [3.8, 4) is 0 Å². The number of ether oxygens (including phenoxy) is 1. The van der Waals surface area contributed by atoms with Gasteiger partial charge in [-0.15, -0.1) is 0 Å². The zero-order valence-corrected chi connectivity index (χ0v) is 10.6. The molecular weight excluding hydrogens is 236 g/mol. The summed E-state index contributed by atoms with van der Waals surface area (Å²) in [5.41, 5.74) is 1.76.